The van der Waals surface area contributed by atoms with Crippen molar-refractivity contribution in [3.8, 4) is 5.75 Å². The second-order valence-electron chi connectivity index (χ2n) is 5.86. The van der Waals surface area contributed by atoms with Gasteiger partial charge < -0.3 is 15.4 Å². The van der Waals surface area contributed by atoms with Crippen molar-refractivity contribution in [2.75, 3.05) is 12.4 Å². The van der Waals surface area contributed by atoms with E-state index in [0.717, 1.165) is 5.56 Å². The zero-order chi connectivity index (χ0) is 19.9. The Labute approximate surface area is 167 Å². The number of hydrogen-bond donors (Lipinski definition) is 2. The van der Waals surface area contributed by atoms with Gasteiger partial charge in [0.15, 0.2) is 0 Å². The quantitative estimate of drug-likeness (QED) is 0.662. The summed E-state index contributed by atoms with van der Waals surface area (Å²) in [6, 6.07) is 18.8. The van der Waals surface area contributed by atoms with E-state index >= 15 is 0 Å². The minimum Gasteiger partial charge on any atom is -0.496 e. The Morgan fingerprint density at radius 2 is 1.61 bits per heavy atom. The van der Waals surface area contributed by atoms with Crippen LogP contribution in [0.5, 0.6) is 5.75 Å². The molecular weight excluding hydrogens is 378 g/mol. The average Bonchev–Trinajstić information content (AvgIpc) is 2.74. The van der Waals surface area contributed by atoms with Crippen LogP contribution in [0.15, 0.2) is 66.7 Å². The Balaban J connectivity index is 1.67. The topological polar surface area (TPSA) is 80.3 Å². The highest BCUT2D eigenvalue weighted by Gasteiger charge is 2.13. The first-order valence-electron chi connectivity index (χ1n) is 8.51. The Kier molecular flexibility index (Phi) is 6.24. The third kappa shape index (κ3) is 4.86. The molecule has 142 valence electrons. The largest absolute Gasteiger partial charge is 0.496 e. The molecule has 7 heteroatoms. The molecule has 2 aromatic carbocycles. The van der Waals surface area contributed by atoms with Crippen LogP contribution in [-0.2, 0) is 6.54 Å². The lowest BCUT2D eigenvalue weighted by molar-refractivity contribution is 0.0945. The van der Waals surface area contributed by atoms with E-state index in [1.54, 1.807) is 49.6 Å². The second-order valence-corrected chi connectivity index (χ2v) is 6.30. The van der Waals surface area contributed by atoms with Gasteiger partial charge in [-0.1, -0.05) is 35.9 Å². The molecule has 2 N–H and O–H groups in total. The standard InChI is InChI=1S/C21H18ClN3O3/c1-28-19-8-3-2-5-14(19)13-23-20(26)17-6-4-7-18(25-17)21(27)24-16-11-9-15(22)10-12-16/h2-12H,13H2,1H3,(H,23,26)(H,24,27). The van der Waals surface area contributed by atoms with Crippen LogP contribution in [0.25, 0.3) is 0 Å². The van der Waals surface area contributed by atoms with Crippen LogP contribution < -0.4 is 15.4 Å². The smallest absolute Gasteiger partial charge is 0.274 e. The number of ether oxygens (including phenoxy) is 1. The predicted octanol–water partition coefficient (Wildman–Crippen LogP) is 3.93. The van der Waals surface area contributed by atoms with Crippen LogP contribution in [0, 0.1) is 0 Å². The molecule has 0 aliphatic carbocycles. The van der Waals surface area contributed by atoms with E-state index in [1.807, 2.05) is 24.3 Å². The molecule has 0 saturated heterocycles. The minimum atomic E-state index is -0.415. The monoisotopic (exact) mass is 395 g/mol. The molecule has 6 nitrogen and oxygen atoms in total. The number of para-hydroxylation sites is 1. The number of carbonyl (C=O) groups is 2. The number of nitrogens with one attached hydrogen (secondary N) is 2. The first-order valence-corrected chi connectivity index (χ1v) is 8.88. The fourth-order valence-corrected chi connectivity index (χ4v) is 2.66. The number of carbonyl (C=O) groups excluding carboxylic acids is 2. The lowest BCUT2D eigenvalue weighted by Gasteiger charge is -2.10. The molecule has 0 aliphatic rings. The van der Waals surface area contributed by atoms with Crippen LogP contribution in [0.4, 0.5) is 5.69 Å². The average molecular weight is 396 g/mol. The molecule has 1 heterocycles. The first-order chi connectivity index (χ1) is 13.6. The Morgan fingerprint density at radius 1 is 0.929 bits per heavy atom. The van der Waals surface area contributed by atoms with Gasteiger partial charge in [-0.2, -0.15) is 0 Å². The summed E-state index contributed by atoms with van der Waals surface area (Å²) in [5.41, 5.74) is 1.72. The molecule has 1 aromatic heterocycles. The summed E-state index contributed by atoms with van der Waals surface area (Å²) in [4.78, 5) is 29.0. The SMILES string of the molecule is COc1ccccc1CNC(=O)c1cccc(C(=O)Nc2ccc(Cl)cc2)n1. The van der Waals surface area contributed by atoms with E-state index in [4.69, 9.17) is 16.3 Å². The van der Waals surface area contributed by atoms with Crippen molar-refractivity contribution in [2.24, 2.45) is 0 Å². The molecule has 0 aliphatic heterocycles. The van der Waals surface area contributed by atoms with Gasteiger partial charge in [-0.05, 0) is 42.5 Å². The number of anilines is 1. The van der Waals surface area contributed by atoms with Crippen LogP contribution in [-0.4, -0.2) is 23.9 Å². The van der Waals surface area contributed by atoms with E-state index in [1.165, 1.54) is 0 Å². The molecule has 0 unspecified atom stereocenters. The highest BCUT2D eigenvalue weighted by Crippen LogP contribution is 2.17. The summed E-state index contributed by atoms with van der Waals surface area (Å²) in [5, 5.41) is 6.07. The number of nitrogens with zero attached hydrogens (tertiary/aromatic N) is 1. The van der Waals surface area contributed by atoms with Crippen molar-refractivity contribution < 1.29 is 14.3 Å². The minimum absolute atomic E-state index is 0.139. The summed E-state index contributed by atoms with van der Waals surface area (Å²) >= 11 is 5.84. The van der Waals surface area contributed by atoms with Gasteiger partial charge in [0.05, 0.1) is 7.11 Å². The van der Waals surface area contributed by atoms with Crippen LogP contribution >= 0.6 is 11.6 Å². The lowest BCUT2D eigenvalue weighted by atomic mass is 10.2. The fraction of sp³-hybridized carbons (Fsp3) is 0.0952. The number of methoxy groups -OCH3 is 1. The molecule has 0 atom stereocenters. The Hall–Kier alpha value is -3.38. The number of pyridine rings is 1. The molecular formula is C21H18ClN3O3. The van der Waals surface area contributed by atoms with Crippen molar-refractivity contribution in [1.82, 2.24) is 10.3 Å². The van der Waals surface area contributed by atoms with Gasteiger partial charge in [0.25, 0.3) is 11.8 Å². The molecule has 28 heavy (non-hydrogen) atoms. The molecule has 0 saturated carbocycles. The fourth-order valence-electron chi connectivity index (χ4n) is 2.53. The summed E-state index contributed by atoms with van der Waals surface area (Å²) < 4.78 is 5.27. The van der Waals surface area contributed by atoms with Crippen molar-refractivity contribution >= 4 is 29.1 Å². The number of amides is 2. The maximum absolute atomic E-state index is 12.4. The number of halogens is 1. The normalized spacial score (nSPS) is 10.2. The van der Waals surface area contributed by atoms with Crippen molar-refractivity contribution in [1.29, 1.82) is 0 Å². The number of aromatic nitrogens is 1. The molecule has 0 spiro atoms. The van der Waals surface area contributed by atoms with E-state index in [0.29, 0.717) is 16.5 Å². The van der Waals surface area contributed by atoms with Gasteiger partial charge in [-0.25, -0.2) is 4.98 Å². The molecule has 0 fully saturated rings. The van der Waals surface area contributed by atoms with Crippen LogP contribution in [0.3, 0.4) is 0 Å². The van der Waals surface area contributed by atoms with Gasteiger partial charge in [-0.3, -0.25) is 9.59 Å². The van der Waals surface area contributed by atoms with Gasteiger partial charge in [0.2, 0.25) is 0 Å². The van der Waals surface area contributed by atoms with Crippen LogP contribution in [0.1, 0.15) is 26.5 Å². The first kappa shape index (κ1) is 19.4. The summed E-state index contributed by atoms with van der Waals surface area (Å²) in [7, 11) is 1.57. The van der Waals surface area contributed by atoms with E-state index in [9.17, 15) is 9.59 Å². The molecule has 0 bridgehead atoms. The zero-order valence-corrected chi connectivity index (χ0v) is 15.9. The van der Waals surface area contributed by atoms with Crippen molar-refractivity contribution in [3.05, 3.63) is 88.7 Å². The highest BCUT2D eigenvalue weighted by atomic mass is 35.5. The van der Waals surface area contributed by atoms with Crippen molar-refractivity contribution in [3.63, 3.8) is 0 Å². The summed E-state index contributed by atoms with van der Waals surface area (Å²) in [5.74, 6) is -0.111. The molecule has 3 rings (SSSR count). The Bertz CT molecular complexity index is 990. The number of hydrogen-bond acceptors (Lipinski definition) is 4. The molecule has 0 radical (unpaired) electrons. The van der Waals surface area contributed by atoms with E-state index in [-0.39, 0.29) is 23.8 Å². The third-order valence-electron chi connectivity index (χ3n) is 3.95. The number of benzene rings is 2. The molecule has 3 aromatic rings. The van der Waals surface area contributed by atoms with Gasteiger partial charge in [-0.15, -0.1) is 0 Å². The highest BCUT2D eigenvalue weighted by molar-refractivity contribution is 6.30. The lowest BCUT2D eigenvalue weighted by Crippen LogP contribution is -2.25. The zero-order valence-electron chi connectivity index (χ0n) is 15.1. The van der Waals surface area contributed by atoms with Crippen LogP contribution in [0.2, 0.25) is 5.02 Å². The second kappa shape index (κ2) is 9.01. The molecule has 2 amide bonds. The van der Waals surface area contributed by atoms with E-state index < -0.39 is 5.91 Å². The summed E-state index contributed by atoms with van der Waals surface area (Å²) in [6.45, 7) is 0.283. The Morgan fingerprint density at radius 3 is 2.32 bits per heavy atom. The number of rotatable bonds is 6. The van der Waals surface area contributed by atoms with Crippen molar-refractivity contribution in [2.45, 2.75) is 6.54 Å². The summed E-state index contributed by atoms with van der Waals surface area (Å²) in [6.07, 6.45) is 0. The maximum Gasteiger partial charge on any atom is 0.274 e. The third-order valence-corrected chi connectivity index (χ3v) is 4.20. The van der Waals surface area contributed by atoms with Gasteiger partial charge in [0, 0.05) is 22.8 Å². The van der Waals surface area contributed by atoms with E-state index in [2.05, 4.69) is 15.6 Å². The van der Waals surface area contributed by atoms with Gasteiger partial charge >= 0.3 is 0 Å². The van der Waals surface area contributed by atoms with Gasteiger partial charge in [0.1, 0.15) is 17.1 Å². The predicted molar refractivity (Wildman–Crippen MR) is 108 cm³/mol. The maximum atomic E-state index is 12.4.